The Morgan fingerprint density at radius 1 is 1.23 bits per heavy atom. The van der Waals surface area contributed by atoms with E-state index in [0.29, 0.717) is 0 Å². The average molecular weight is 229 g/mol. The Bertz CT molecular complexity index is 262. The summed E-state index contributed by atoms with van der Waals surface area (Å²) < 4.78 is 25.7. The Morgan fingerprint density at radius 2 is 1.62 bits per heavy atom. The van der Waals surface area contributed by atoms with Gasteiger partial charge in [-0.1, -0.05) is 0 Å². The minimum atomic E-state index is -3.36. The third-order valence-electron chi connectivity index (χ3n) is 1.99. The molecule has 0 aliphatic rings. The molecule has 80 valence electrons. The third kappa shape index (κ3) is 2.80. The van der Waals surface area contributed by atoms with Crippen molar-refractivity contribution in [3.8, 4) is 0 Å². The van der Waals surface area contributed by atoms with Crippen LogP contribution in [-0.4, -0.2) is 49.6 Å². The minimum Gasteiger partial charge on any atom is -0.195 e. The van der Waals surface area contributed by atoms with Crippen molar-refractivity contribution in [3.05, 3.63) is 0 Å². The van der Waals surface area contributed by atoms with Crippen LogP contribution in [0.2, 0.25) is 0 Å². The van der Waals surface area contributed by atoms with Crippen LogP contribution in [0.5, 0.6) is 0 Å². The zero-order valence-electron chi connectivity index (χ0n) is 8.70. The lowest BCUT2D eigenvalue weighted by Gasteiger charge is -2.34. The van der Waals surface area contributed by atoms with Gasteiger partial charge < -0.3 is 0 Å². The molecule has 0 saturated heterocycles. The summed E-state index contributed by atoms with van der Waals surface area (Å²) in [5, 5.41) is 0. The molecule has 0 bridgehead atoms. The zero-order valence-corrected chi connectivity index (χ0v) is 10.3. The molecule has 4 nitrogen and oxygen atoms in total. The quantitative estimate of drug-likeness (QED) is 0.666. The molecular formula is C7H17ClN2O2S. The Balaban J connectivity index is 4.91. The van der Waals surface area contributed by atoms with E-state index in [1.807, 2.05) is 0 Å². The van der Waals surface area contributed by atoms with Gasteiger partial charge >= 0.3 is 0 Å². The van der Waals surface area contributed by atoms with Crippen LogP contribution in [0.1, 0.15) is 13.8 Å². The average Bonchev–Trinajstić information content (AvgIpc) is 2.02. The number of nitrogens with zero attached hydrogens (tertiary/aromatic N) is 2. The van der Waals surface area contributed by atoms with Crippen molar-refractivity contribution in [2.75, 3.05) is 27.0 Å². The Kier molecular flexibility index (Phi) is 4.18. The van der Waals surface area contributed by atoms with Crippen molar-refractivity contribution in [2.24, 2.45) is 0 Å². The van der Waals surface area contributed by atoms with Gasteiger partial charge in [0.1, 0.15) is 0 Å². The standard InChI is InChI=1S/C7H17ClN2O2S/c1-7(2,6-8)10(5)13(11,12)9(3)4/h6H2,1-5H3. The van der Waals surface area contributed by atoms with E-state index in [9.17, 15) is 8.42 Å². The molecule has 0 N–H and O–H groups in total. The van der Waals surface area contributed by atoms with Crippen molar-refractivity contribution < 1.29 is 8.42 Å². The molecule has 13 heavy (non-hydrogen) atoms. The fourth-order valence-corrected chi connectivity index (χ4v) is 2.07. The fraction of sp³-hybridized carbons (Fsp3) is 1.00. The van der Waals surface area contributed by atoms with Crippen molar-refractivity contribution in [2.45, 2.75) is 19.4 Å². The van der Waals surface area contributed by atoms with E-state index >= 15 is 0 Å². The molecule has 0 spiro atoms. The minimum absolute atomic E-state index is 0.260. The molecule has 0 rings (SSSR count). The molecule has 0 amide bonds. The molecule has 6 heteroatoms. The second kappa shape index (κ2) is 4.13. The van der Waals surface area contributed by atoms with Gasteiger partial charge in [-0.2, -0.15) is 17.0 Å². The summed E-state index contributed by atoms with van der Waals surface area (Å²) in [4.78, 5) is 0. The summed E-state index contributed by atoms with van der Waals surface area (Å²) in [6.07, 6.45) is 0. The number of hydrogen-bond acceptors (Lipinski definition) is 2. The van der Waals surface area contributed by atoms with E-state index in [-0.39, 0.29) is 5.88 Å². The highest BCUT2D eigenvalue weighted by Gasteiger charge is 2.33. The summed E-state index contributed by atoms with van der Waals surface area (Å²) >= 11 is 5.67. The molecule has 0 radical (unpaired) electrons. The third-order valence-corrected chi connectivity index (χ3v) is 4.75. The van der Waals surface area contributed by atoms with Crippen molar-refractivity contribution in [3.63, 3.8) is 0 Å². The van der Waals surface area contributed by atoms with Crippen LogP contribution in [0.25, 0.3) is 0 Å². The van der Waals surface area contributed by atoms with Gasteiger partial charge in [0.25, 0.3) is 10.2 Å². The first-order valence-electron chi connectivity index (χ1n) is 3.88. The maximum atomic E-state index is 11.6. The first kappa shape index (κ1) is 13.2. The lowest BCUT2D eigenvalue weighted by Crippen LogP contribution is -2.50. The highest BCUT2D eigenvalue weighted by atomic mass is 35.5. The van der Waals surface area contributed by atoms with Gasteiger partial charge in [0.05, 0.1) is 0 Å². The molecular weight excluding hydrogens is 212 g/mol. The molecule has 0 aromatic heterocycles. The topological polar surface area (TPSA) is 40.6 Å². The first-order chi connectivity index (χ1) is 5.66. The smallest absolute Gasteiger partial charge is 0.195 e. The SMILES string of the molecule is CN(C)S(=O)(=O)N(C)C(C)(C)CCl. The summed E-state index contributed by atoms with van der Waals surface area (Å²) in [6.45, 7) is 3.56. The maximum absolute atomic E-state index is 11.6. The van der Waals surface area contributed by atoms with E-state index in [4.69, 9.17) is 11.6 Å². The van der Waals surface area contributed by atoms with Gasteiger partial charge in [0, 0.05) is 32.6 Å². The Morgan fingerprint density at radius 3 is 1.85 bits per heavy atom. The van der Waals surface area contributed by atoms with Crippen LogP contribution < -0.4 is 0 Å². The molecule has 0 aromatic rings. The maximum Gasteiger partial charge on any atom is 0.281 e. The van der Waals surface area contributed by atoms with Gasteiger partial charge in [-0.15, -0.1) is 11.6 Å². The first-order valence-corrected chi connectivity index (χ1v) is 5.82. The number of halogens is 1. The van der Waals surface area contributed by atoms with Crippen LogP contribution in [0, 0.1) is 0 Å². The highest BCUT2D eigenvalue weighted by molar-refractivity contribution is 7.86. The highest BCUT2D eigenvalue weighted by Crippen LogP contribution is 2.18. The Labute approximate surface area is 85.6 Å². The number of rotatable bonds is 4. The fourth-order valence-electron chi connectivity index (χ4n) is 0.641. The molecule has 0 aliphatic carbocycles. The second-order valence-electron chi connectivity index (χ2n) is 3.70. The molecule has 0 aromatic carbocycles. The summed E-state index contributed by atoms with van der Waals surface area (Å²) in [5.74, 6) is 0.260. The normalized spacial score (nSPS) is 14.2. The Hall–Kier alpha value is 0.160. The van der Waals surface area contributed by atoms with Crippen molar-refractivity contribution >= 4 is 21.8 Å². The van der Waals surface area contributed by atoms with Gasteiger partial charge in [-0.3, -0.25) is 0 Å². The van der Waals surface area contributed by atoms with Crippen molar-refractivity contribution in [1.29, 1.82) is 0 Å². The van der Waals surface area contributed by atoms with Crippen LogP contribution in [0.3, 0.4) is 0 Å². The molecule has 0 atom stereocenters. The summed E-state index contributed by atoms with van der Waals surface area (Å²) in [7, 11) is 1.15. The van der Waals surface area contributed by atoms with E-state index in [0.717, 1.165) is 0 Å². The zero-order chi connectivity index (χ0) is 10.9. The largest absolute Gasteiger partial charge is 0.281 e. The second-order valence-corrected chi connectivity index (χ2v) is 6.14. The van der Waals surface area contributed by atoms with Gasteiger partial charge in [0.2, 0.25) is 0 Å². The number of hydrogen-bond donors (Lipinski definition) is 0. The lowest BCUT2D eigenvalue weighted by molar-refractivity contribution is 0.279. The van der Waals surface area contributed by atoms with Crippen LogP contribution in [0.15, 0.2) is 0 Å². The molecule has 0 unspecified atom stereocenters. The molecule has 0 aliphatic heterocycles. The van der Waals surface area contributed by atoms with Crippen LogP contribution in [-0.2, 0) is 10.2 Å². The van der Waals surface area contributed by atoms with Gasteiger partial charge in [0.15, 0.2) is 0 Å². The van der Waals surface area contributed by atoms with Gasteiger partial charge in [-0.25, -0.2) is 0 Å². The van der Waals surface area contributed by atoms with E-state index in [1.54, 1.807) is 13.8 Å². The predicted molar refractivity (Wildman–Crippen MR) is 55.2 cm³/mol. The van der Waals surface area contributed by atoms with Crippen LogP contribution >= 0.6 is 11.6 Å². The summed E-state index contributed by atoms with van der Waals surface area (Å²) in [6, 6.07) is 0. The monoisotopic (exact) mass is 228 g/mol. The van der Waals surface area contributed by atoms with E-state index in [2.05, 4.69) is 0 Å². The van der Waals surface area contributed by atoms with E-state index in [1.165, 1.54) is 29.8 Å². The lowest BCUT2D eigenvalue weighted by atomic mass is 10.1. The van der Waals surface area contributed by atoms with Crippen LogP contribution in [0.4, 0.5) is 0 Å². The molecule has 0 saturated carbocycles. The summed E-state index contributed by atoms with van der Waals surface area (Å²) in [5.41, 5.74) is -0.565. The molecule has 0 heterocycles. The van der Waals surface area contributed by atoms with Crippen molar-refractivity contribution in [1.82, 2.24) is 8.61 Å². The van der Waals surface area contributed by atoms with E-state index < -0.39 is 15.7 Å². The molecule has 0 fully saturated rings. The van der Waals surface area contributed by atoms with Gasteiger partial charge in [-0.05, 0) is 13.8 Å². The number of alkyl halides is 1. The predicted octanol–water partition coefficient (Wildman–Crippen LogP) is 0.742.